The third-order valence-corrected chi connectivity index (χ3v) is 3.29. The van der Waals surface area contributed by atoms with E-state index < -0.39 is 0 Å². The van der Waals surface area contributed by atoms with Gasteiger partial charge in [0.05, 0.1) is 25.3 Å². The van der Waals surface area contributed by atoms with E-state index in [9.17, 15) is 0 Å². The molecule has 0 bridgehead atoms. The lowest BCUT2D eigenvalue weighted by Gasteiger charge is -2.07. The predicted molar refractivity (Wildman–Crippen MR) is 71.0 cm³/mol. The maximum Gasteiger partial charge on any atom is 0.116 e. The minimum absolute atomic E-state index is 0.132. The number of aliphatic hydroxyl groups excluding tert-OH is 1. The minimum atomic E-state index is 0.132. The van der Waals surface area contributed by atoms with Gasteiger partial charge in [-0.1, -0.05) is 24.3 Å². The smallest absolute Gasteiger partial charge is 0.116 e. The van der Waals surface area contributed by atoms with Crippen LogP contribution in [0, 0.1) is 0 Å². The van der Waals surface area contributed by atoms with Crippen LogP contribution in [0.2, 0.25) is 0 Å². The zero-order valence-corrected chi connectivity index (χ0v) is 10.1. The molecule has 0 amide bonds. The Morgan fingerprint density at radius 2 is 2.28 bits per heavy atom. The fraction of sp³-hybridized carbons (Fsp3) is 0.357. The molecule has 3 rings (SSSR count). The molecule has 1 aromatic carbocycles. The molecule has 0 radical (unpaired) electrons. The van der Waals surface area contributed by atoms with Crippen LogP contribution in [-0.4, -0.2) is 30.6 Å². The van der Waals surface area contributed by atoms with Crippen LogP contribution in [0.3, 0.4) is 0 Å². The minimum Gasteiger partial charge on any atom is -0.468 e. The molecular formula is C14H16N2O2. The number of hydrogen-bond acceptors (Lipinski definition) is 4. The second-order valence-electron chi connectivity index (χ2n) is 4.53. The molecule has 1 aliphatic rings. The van der Waals surface area contributed by atoms with Crippen molar-refractivity contribution in [2.45, 2.75) is 12.3 Å². The molecule has 0 saturated heterocycles. The second kappa shape index (κ2) is 4.82. The van der Waals surface area contributed by atoms with Crippen molar-refractivity contribution in [2.24, 2.45) is 4.99 Å². The summed E-state index contributed by atoms with van der Waals surface area (Å²) in [6, 6.07) is 8.19. The molecule has 1 atom stereocenters. The van der Waals surface area contributed by atoms with Gasteiger partial charge in [-0.3, -0.25) is 4.99 Å². The second-order valence-corrected chi connectivity index (χ2v) is 4.53. The Bertz CT molecular complexity index is 574. The summed E-state index contributed by atoms with van der Waals surface area (Å²) in [5.74, 6) is 2.30. The Morgan fingerprint density at radius 3 is 3.17 bits per heavy atom. The third-order valence-electron chi connectivity index (χ3n) is 3.29. The van der Waals surface area contributed by atoms with Gasteiger partial charge in [0.25, 0.3) is 0 Å². The highest BCUT2D eigenvalue weighted by Gasteiger charge is 2.24. The first-order valence-electron chi connectivity index (χ1n) is 6.22. The van der Waals surface area contributed by atoms with E-state index in [1.54, 1.807) is 0 Å². The van der Waals surface area contributed by atoms with Crippen molar-refractivity contribution < 1.29 is 9.52 Å². The molecule has 0 spiro atoms. The molecule has 1 unspecified atom stereocenters. The van der Waals surface area contributed by atoms with E-state index in [0.717, 1.165) is 29.9 Å². The lowest BCUT2D eigenvalue weighted by atomic mass is 10.0. The standard InChI is InChI=1S/C14H16N2O2/c17-6-5-15-13-7-11(8-16-13)14-12-4-2-1-3-10(12)9-18-14/h1-4,9,11,17H,5-8H2,(H,15,16). The van der Waals surface area contributed by atoms with Crippen LogP contribution < -0.4 is 5.32 Å². The first-order chi connectivity index (χ1) is 8.88. The van der Waals surface area contributed by atoms with Gasteiger partial charge in [-0.25, -0.2) is 0 Å². The predicted octanol–water partition coefficient (Wildman–Crippen LogP) is 1.90. The van der Waals surface area contributed by atoms with E-state index in [2.05, 4.69) is 22.4 Å². The molecule has 94 valence electrons. The number of nitrogens with zero attached hydrogens (tertiary/aromatic N) is 1. The summed E-state index contributed by atoms with van der Waals surface area (Å²) in [6.07, 6.45) is 2.67. The van der Waals surface area contributed by atoms with Crippen molar-refractivity contribution in [3.05, 3.63) is 36.3 Å². The first-order valence-corrected chi connectivity index (χ1v) is 6.22. The Morgan fingerprint density at radius 1 is 1.39 bits per heavy atom. The van der Waals surface area contributed by atoms with Crippen molar-refractivity contribution >= 4 is 16.6 Å². The van der Waals surface area contributed by atoms with Crippen LogP contribution in [-0.2, 0) is 0 Å². The van der Waals surface area contributed by atoms with Gasteiger partial charge in [-0.2, -0.15) is 0 Å². The van der Waals surface area contributed by atoms with Crippen molar-refractivity contribution in [1.82, 2.24) is 5.32 Å². The average molecular weight is 244 g/mol. The largest absolute Gasteiger partial charge is 0.468 e. The van der Waals surface area contributed by atoms with Gasteiger partial charge in [0.2, 0.25) is 0 Å². The summed E-state index contributed by atoms with van der Waals surface area (Å²) in [7, 11) is 0. The van der Waals surface area contributed by atoms with Crippen molar-refractivity contribution in [3.63, 3.8) is 0 Å². The number of nitrogens with one attached hydrogen (secondary N) is 1. The number of amidine groups is 1. The summed E-state index contributed by atoms with van der Waals surface area (Å²) < 4.78 is 5.70. The third kappa shape index (κ3) is 1.99. The highest BCUT2D eigenvalue weighted by atomic mass is 16.3. The van der Waals surface area contributed by atoms with Gasteiger partial charge >= 0.3 is 0 Å². The van der Waals surface area contributed by atoms with E-state index in [-0.39, 0.29) is 6.61 Å². The zero-order chi connectivity index (χ0) is 12.4. The van der Waals surface area contributed by atoms with E-state index in [1.807, 2.05) is 18.4 Å². The number of fused-ring (bicyclic) bond motifs is 1. The zero-order valence-electron chi connectivity index (χ0n) is 10.1. The van der Waals surface area contributed by atoms with Crippen LogP contribution in [0.15, 0.2) is 39.9 Å². The molecule has 2 aromatic rings. The van der Waals surface area contributed by atoms with Crippen molar-refractivity contribution in [2.75, 3.05) is 19.7 Å². The van der Waals surface area contributed by atoms with E-state index in [4.69, 9.17) is 9.52 Å². The first kappa shape index (κ1) is 11.3. The summed E-state index contributed by atoms with van der Waals surface area (Å²) in [5, 5.41) is 14.2. The topological polar surface area (TPSA) is 57.8 Å². The van der Waals surface area contributed by atoms with Crippen molar-refractivity contribution in [3.8, 4) is 0 Å². The van der Waals surface area contributed by atoms with Gasteiger partial charge in [0, 0.05) is 29.7 Å². The van der Waals surface area contributed by atoms with Gasteiger partial charge in [-0.15, -0.1) is 0 Å². The summed E-state index contributed by atoms with van der Waals surface area (Å²) in [4.78, 5) is 4.45. The lowest BCUT2D eigenvalue weighted by Crippen LogP contribution is -2.25. The monoisotopic (exact) mass is 244 g/mol. The van der Waals surface area contributed by atoms with Gasteiger partial charge in [-0.05, 0) is 0 Å². The average Bonchev–Trinajstić information content (AvgIpc) is 3.02. The van der Waals surface area contributed by atoms with Crippen LogP contribution >= 0.6 is 0 Å². The summed E-state index contributed by atoms with van der Waals surface area (Å²) in [6.45, 7) is 1.45. The quantitative estimate of drug-likeness (QED) is 0.867. The van der Waals surface area contributed by atoms with Crippen LogP contribution in [0.1, 0.15) is 18.1 Å². The fourth-order valence-corrected chi connectivity index (χ4v) is 2.42. The lowest BCUT2D eigenvalue weighted by molar-refractivity contribution is 0.300. The van der Waals surface area contributed by atoms with Gasteiger partial charge in [0.1, 0.15) is 5.76 Å². The fourth-order valence-electron chi connectivity index (χ4n) is 2.42. The molecule has 1 aromatic heterocycles. The maximum absolute atomic E-state index is 8.78. The van der Waals surface area contributed by atoms with E-state index in [1.165, 1.54) is 5.39 Å². The Hall–Kier alpha value is -1.81. The number of aliphatic imine (C=N–C) groups is 1. The van der Waals surface area contributed by atoms with Crippen LogP contribution in [0.5, 0.6) is 0 Å². The molecule has 1 aliphatic heterocycles. The van der Waals surface area contributed by atoms with Crippen LogP contribution in [0.25, 0.3) is 10.8 Å². The Labute approximate surface area is 105 Å². The van der Waals surface area contributed by atoms with E-state index in [0.29, 0.717) is 12.5 Å². The Kier molecular flexibility index (Phi) is 3.02. The molecule has 18 heavy (non-hydrogen) atoms. The maximum atomic E-state index is 8.78. The summed E-state index contributed by atoms with van der Waals surface area (Å²) in [5.41, 5.74) is 0. The number of hydrogen-bond donors (Lipinski definition) is 2. The van der Waals surface area contributed by atoms with E-state index >= 15 is 0 Å². The summed E-state index contributed by atoms with van der Waals surface area (Å²) >= 11 is 0. The van der Waals surface area contributed by atoms with Crippen molar-refractivity contribution in [1.29, 1.82) is 0 Å². The number of benzene rings is 1. The highest BCUT2D eigenvalue weighted by molar-refractivity contribution is 5.88. The number of rotatable bonds is 3. The molecule has 4 nitrogen and oxygen atoms in total. The molecular weight excluding hydrogens is 228 g/mol. The molecule has 2 heterocycles. The highest BCUT2D eigenvalue weighted by Crippen LogP contribution is 2.32. The Balaban J connectivity index is 1.77. The van der Waals surface area contributed by atoms with Gasteiger partial charge in [0.15, 0.2) is 0 Å². The molecule has 0 aliphatic carbocycles. The molecule has 2 N–H and O–H groups in total. The van der Waals surface area contributed by atoms with Gasteiger partial charge < -0.3 is 14.8 Å². The SMILES string of the molecule is OCCNC1=NCC(c2occ3ccccc23)C1. The molecule has 4 heteroatoms. The number of furan rings is 1. The number of aliphatic hydroxyl groups is 1. The normalized spacial score (nSPS) is 19.2. The molecule has 0 fully saturated rings. The van der Waals surface area contributed by atoms with Crippen LogP contribution in [0.4, 0.5) is 0 Å². The molecule has 0 saturated carbocycles.